The molecule has 0 aliphatic heterocycles. The lowest BCUT2D eigenvalue weighted by atomic mass is 10.00. The van der Waals surface area contributed by atoms with E-state index in [0.29, 0.717) is 11.5 Å². The van der Waals surface area contributed by atoms with E-state index < -0.39 is 12.0 Å². The number of benzene rings is 2. The maximum atomic E-state index is 11.3. The van der Waals surface area contributed by atoms with Gasteiger partial charge in [0.15, 0.2) is 0 Å². The SMILES string of the molecule is CC(=O)NC(Cc1cc(C)c(Oc2cc(C)c(O)c(C)c2)c(C)c1)C(=O)O. The summed E-state index contributed by atoms with van der Waals surface area (Å²) in [6.45, 7) is 8.70. The molecule has 2 aromatic rings. The predicted molar refractivity (Wildman–Crippen MR) is 103 cm³/mol. The number of ether oxygens (including phenoxy) is 1. The third-order valence-electron chi connectivity index (χ3n) is 4.32. The second-order valence-electron chi connectivity index (χ2n) is 6.86. The average molecular weight is 371 g/mol. The molecule has 0 heterocycles. The number of amides is 1. The first kappa shape index (κ1) is 20.3. The molecule has 0 aliphatic rings. The number of hydrogen-bond donors (Lipinski definition) is 3. The maximum absolute atomic E-state index is 11.3. The van der Waals surface area contributed by atoms with Crippen LogP contribution in [-0.2, 0) is 16.0 Å². The van der Waals surface area contributed by atoms with Crippen molar-refractivity contribution in [3.05, 3.63) is 52.1 Å². The molecule has 0 saturated carbocycles. The lowest BCUT2D eigenvalue weighted by Crippen LogP contribution is -2.41. The summed E-state index contributed by atoms with van der Waals surface area (Å²) >= 11 is 0. The lowest BCUT2D eigenvalue weighted by molar-refractivity contribution is -0.141. The minimum atomic E-state index is -1.07. The van der Waals surface area contributed by atoms with Crippen LogP contribution in [0.2, 0.25) is 0 Å². The van der Waals surface area contributed by atoms with Gasteiger partial charge in [-0.2, -0.15) is 0 Å². The summed E-state index contributed by atoms with van der Waals surface area (Å²) in [4.78, 5) is 22.6. The Bertz CT molecular complexity index is 842. The van der Waals surface area contributed by atoms with Gasteiger partial charge < -0.3 is 20.3 Å². The number of phenols is 1. The highest BCUT2D eigenvalue weighted by Gasteiger charge is 2.20. The van der Waals surface area contributed by atoms with E-state index >= 15 is 0 Å². The van der Waals surface area contributed by atoms with Gasteiger partial charge >= 0.3 is 5.97 Å². The Morgan fingerprint density at radius 1 is 1.00 bits per heavy atom. The van der Waals surface area contributed by atoms with Gasteiger partial charge in [0, 0.05) is 13.3 Å². The van der Waals surface area contributed by atoms with Crippen LogP contribution >= 0.6 is 0 Å². The molecule has 144 valence electrons. The van der Waals surface area contributed by atoms with E-state index in [2.05, 4.69) is 5.32 Å². The van der Waals surface area contributed by atoms with E-state index in [0.717, 1.165) is 27.8 Å². The van der Waals surface area contributed by atoms with Gasteiger partial charge in [-0.3, -0.25) is 4.79 Å². The van der Waals surface area contributed by atoms with Crippen molar-refractivity contribution in [2.24, 2.45) is 0 Å². The minimum absolute atomic E-state index is 0.189. The van der Waals surface area contributed by atoms with Gasteiger partial charge in [-0.05, 0) is 67.6 Å². The summed E-state index contributed by atoms with van der Waals surface area (Å²) in [5.74, 6) is 0.117. The van der Waals surface area contributed by atoms with Crippen LogP contribution in [0.5, 0.6) is 17.2 Å². The fourth-order valence-corrected chi connectivity index (χ4v) is 3.09. The number of hydrogen-bond acceptors (Lipinski definition) is 4. The molecule has 3 N–H and O–H groups in total. The van der Waals surface area contributed by atoms with Crippen LogP contribution in [0.25, 0.3) is 0 Å². The van der Waals surface area contributed by atoms with Crippen molar-refractivity contribution in [3.8, 4) is 17.2 Å². The van der Waals surface area contributed by atoms with Crippen molar-refractivity contribution in [1.29, 1.82) is 0 Å². The molecule has 0 saturated heterocycles. The van der Waals surface area contributed by atoms with Crippen molar-refractivity contribution in [2.75, 3.05) is 0 Å². The smallest absolute Gasteiger partial charge is 0.326 e. The Kier molecular flexibility index (Phi) is 6.10. The first-order chi connectivity index (χ1) is 12.6. The predicted octanol–water partition coefficient (Wildman–Crippen LogP) is 3.55. The number of aliphatic carboxylic acids is 1. The third kappa shape index (κ3) is 5.00. The highest BCUT2D eigenvalue weighted by atomic mass is 16.5. The summed E-state index contributed by atoms with van der Waals surface area (Å²) < 4.78 is 6.03. The lowest BCUT2D eigenvalue weighted by Gasteiger charge is -2.17. The zero-order chi connectivity index (χ0) is 20.3. The molecular weight excluding hydrogens is 346 g/mol. The van der Waals surface area contributed by atoms with E-state index in [1.165, 1.54) is 6.92 Å². The second-order valence-corrected chi connectivity index (χ2v) is 6.86. The van der Waals surface area contributed by atoms with Crippen molar-refractivity contribution in [3.63, 3.8) is 0 Å². The minimum Gasteiger partial charge on any atom is -0.507 e. The van der Waals surface area contributed by atoms with E-state index in [1.54, 1.807) is 12.1 Å². The van der Waals surface area contributed by atoms with Gasteiger partial charge in [0.1, 0.15) is 23.3 Å². The summed E-state index contributed by atoms with van der Waals surface area (Å²) in [6.07, 6.45) is 0.189. The molecule has 1 unspecified atom stereocenters. The quantitative estimate of drug-likeness (QED) is 0.722. The van der Waals surface area contributed by atoms with Gasteiger partial charge in [-0.15, -0.1) is 0 Å². The zero-order valence-corrected chi connectivity index (χ0v) is 16.2. The van der Waals surface area contributed by atoms with Crippen LogP contribution in [0.1, 0.15) is 34.7 Å². The molecule has 6 heteroatoms. The normalized spacial score (nSPS) is 11.7. The Labute approximate surface area is 158 Å². The van der Waals surface area contributed by atoms with Gasteiger partial charge in [-0.25, -0.2) is 4.79 Å². The largest absolute Gasteiger partial charge is 0.507 e. The first-order valence-corrected chi connectivity index (χ1v) is 8.66. The van der Waals surface area contributed by atoms with E-state index in [9.17, 15) is 19.8 Å². The summed E-state index contributed by atoms with van der Waals surface area (Å²) in [5, 5.41) is 21.6. The fourth-order valence-electron chi connectivity index (χ4n) is 3.09. The molecule has 2 rings (SSSR count). The topological polar surface area (TPSA) is 95.9 Å². The van der Waals surface area contributed by atoms with Crippen LogP contribution in [0, 0.1) is 27.7 Å². The van der Waals surface area contributed by atoms with Crippen LogP contribution in [0.3, 0.4) is 0 Å². The van der Waals surface area contributed by atoms with Crippen LogP contribution in [0.15, 0.2) is 24.3 Å². The van der Waals surface area contributed by atoms with Crippen molar-refractivity contribution >= 4 is 11.9 Å². The number of carbonyl (C=O) groups is 2. The molecule has 2 aromatic carbocycles. The summed E-state index contributed by atoms with van der Waals surface area (Å²) in [6, 6.07) is 6.29. The van der Waals surface area contributed by atoms with Crippen LogP contribution in [0.4, 0.5) is 0 Å². The molecule has 1 amide bonds. The number of aryl methyl sites for hydroxylation is 4. The molecule has 6 nitrogen and oxygen atoms in total. The molecule has 1 atom stereocenters. The monoisotopic (exact) mass is 371 g/mol. The Balaban J connectivity index is 2.29. The van der Waals surface area contributed by atoms with Crippen molar-refractivity contribution in [1.82, 2.24) is 5.32 Å². The maximum Gasteiger partial charge on any atom is 0.326 e. The highest BCUT2D eigenvalue weighted by Crippen LogP contribution is 2.34. The number of carbonyl (C=O) groups excluding carboxylic acids is 1. The molecular formula is C21H25NO5. The number of carboxylic acid groups (broad SMARTS) is 1. The Morgan fingerprint density at radius 3 is 1.96 bits per heavy atom. The second kappa shape index (κ2) is 8.12. The molecule has 0 radical (unpaired) electrons. The van der Waals surface area contributed by atoms with Crippen LogP contribution in [-0.4, -0.2) is 28.1 Å². The number of rotatable bonds is 6. The van der Waals surface area contributed by atoms with E-state index in [4.69, 9.17) is 4.74 Å². The summed E-state index contributed by atoms with van der Waals surface area (Å²) in [7, 11) is 0. The average Bonchev–Trinajstić information content (AvgIpc) is 2.54. The first-order valence-electron chi connectivity index (χ1n) is 8.66. The molecule has 0 aromatic heterocycles. The van der Waals surface area contributed by atoms with Gasteiger partial charge in [-0.1, -0.05) is 12.1 Å². The van der Waals surface area contributed by atoms with E-state index in [-0.39, 0.29) is 18.1 Å². The number of nitrogens with one attached hydrogen (secondary N) is 1. The molecule has 0 spiro atoms. The van der Waals surface area contributed by atoms with Gasteiger partial charge in [0.05, 0.1) is 0 Å². The van der Waals surface area contributed by atoms with E-state index in [1.807, 2.05) is 39.8 Å². The van der Waals surface area contributed by atoms with Gasteiger partial charge in [0.2, 0.25) is 5.91 Å². The summed E-state index contributed by atoms with van der Waals surface area (Å²) in [5.41, 5.74) is 3.99. The van der Waals surface area contributed by atoms with Crippen molar-refractivity contribution in [2.45, 2.75) is 47.1 Å². The number of phenolic OH excluding ortho intramolecular Hbond substituents is 1. The Hall–Kier alpha value is -3.02. The highest BCUT2D eigenvalue weighted by molar-refractivity contribution is 5.82. The zero-order valence-electron chi connectivity index (χ0n) is 16.2. The third-order valence-corrected chi connectivity index (χ3v) is 4.32. The van der Waals surface area contributed by atoms with Gasteiger partial charge in [0.25, 0.3) is 0 Å². The Morgan fingerprint density at radius 2 is 1.52 bits per heavy atom. The standard InChI is InChI=1S/C21H25NO5/c1-11-8-17(9-12(2)19(11)24)27-20-13(3)6-16(7-14(20)4)10-18(21(25)26)22-15(5)23/h6-9,18,24H,10H2,1-5H3,(H,22,23)(H,25,26). The fraction of sp³-hybridized carbons (Fsp3) is 0.333. The molecule has 0 bridgehead atoms. The van der Waals surface area contributed by atoms with Crippen LogP contribution < -0.4 is 10.1 Å². The molecule has 0 aliphatic carbocycles. The molecule has 27 heavy (non-hydrogen) atoms. The molecule has 0 fully saturated rings. The number of aromatic hydroxyl groups is 1. The van der Waals surface area contributed by atoms with Crippen molar-refractivity contribution < 1.29 is 24.5 Å². The number of carboxylic acids is 1.